The highest BCUT2D eigenvalue weighted by Crippen LogP contribution is 2.34. The lowest BCUT2D eigenvalue weighted by Gasteiger charge is -2.30. The second kappa shape index (κ2) is 7.79. The lowest BCUT2D eigenvalue weighted by Crippen LogP contribution is -2.40. The molecule has 1 fully saturated rings. The number of carbonyl (C=O) groups is 1. The number of nitrogens with one attached hydrogen (secondary N) is 1. The molecule has 1 aromatic carbocycles. The van der Waals surface area contributed by atoms with Crippen molar-refractivity contribution >= 4 is 44.1 Å². The average Bonchev–Trinajstić information content (AvgIpc) is 3.26. The van der Waals surface area contributed by atoms with E-state index in [2.05, 4.69) is 28.5 Å². The number of fused-ring (bicyclic) bond motifs is 2. The Morgan fingerprint density at radius 2 is 1.86 bits per heavy atom. The highest BCUT2D eigenvalue weighted by Gasteiger charge is 2.26. The first-order valence-electron chi connectivity index (χ1n) is 10.2. The first kappa shape index (κ1) is 18.1. The summed E-state index contributed by atoms with van der Waals surface area (Å²) >= 11 is 3.46. The molecule has 0 unspecified atom stereocenters. The summed E-state index contributed by atoms with van der Waals surface area (Å²) in [6, 6.07) is 8.31. The average molecular weight is 413 g/mol. The number of piperidine rings is 1. The molecule has 0 saturated carbocycles. The highest BCUT2D eigenvalue weighted by molar-refractivity contribution is 7.18. The quantitative estimate of drug-likeness (QED) is 0.571. The second-order valence-electron chi connectivity index (χ2n) is 7.66. The van der Waals surface area contributed by atoms with Crippen LogP contribution in [0.4, 0.5) is 9.93 Å². The Morgan fingerprint density at radius 1 is 1.04 bits per heavy atom. The lowest BCUT2D eigenvalue weighted by molar-refractivity contribution is 0.194. The third kappa shape index (κ3) is 3.65. The maximum atomic E-state index is 12.7. The van der Waals surface area contributed by atoms with Crippen LogP contribution < -0.4 is 5.32 Å². The summed E-state index contributed by atoms with van der Waals surface area (Å²) in [7, 11) is 0. The molecule has 1 aliphatic heterocycles. The minimum atomic E-state index is -0.00772. The van der Waals surface area contributed by atoms with Crippen molar-refractivity contribution in [3.05, 3.63) is 39.8 Å². The van der Waals surface area contributed by atoms with Gasteiger partial charge in [-0.15, -0.1) is 22.7 Å². The van der Waals surface area contributed by atoms with Gasteiger partial charge in [-0.2, -0.15) is 0 Å². The molecular weight excluding hydrogens is 388 g/mol. The van der Waals surface area contributed by atoms with Gasteiger partial charge in [-0.3, -0.25) is 5.32 Å². The van der Waals surface area contributed by atoms with Crippen molar-refractivity contribution in [1.29, 1.82) is 0 Å². The van der Waals surface area contributed by atoms with Gasteiger partial charge in [0.05, 0.1) is 20.9 Å². The number of hydrogen-bond donors (Lipinski definition) is 1. The number of para-hydroxylation sites is 1. The van der Waals surface area contributed by atoms with Crippen molar-refractivity contribution in [2.75, 3.05) is 18.4 Å². The molecule has 0 bridgehead atoms. The fourth-order valence-electron chi connectivity index (χ4n) is 4.15. The Hall–Kier alpha value is -1.99. The molecule has 1 aliphatic carbocycles. The van der Waals surface area contributed by atoms with Crippen molar-refractivity contribution in [2.45, 2.75) is 50.9 Å². The van der Waals surface area contributed by atoms with E-state index in [0.717, 1.165) is 49.4 Å². The molecule has 146 valence electrons. The van der Waals surface area contributed by atoms with Crippen LogP contribution >= 0.6 is 22.7 Å². The van der Waals surface area contributed by atoms with E-state index in [1.807, 2.05) is 11.0 Å². The number of urea groups is 1. The van der Waals surface area contributed by atoms with Crippen LogP contribution in [0, 0.1) is 0 Å². The molecule has 0 radical (unpaired) electrons. The number of thiazole rings is 2. The number of aryl methyl sites for hydroxylation is 2. The summed E-state index contributed by atoms with van der Waals surface area (Å²) < 4.78 is 1.25. The molecule has 2 aromatic heterocycles. The fraction of sp³-hybridized carbons (Fsp3) is 0.476. The van der Waals surface area contributed by atoms with Gasteiger partial charge in [-0.1, -0.05) is 18.6 Å². The van der Waals surface area contributed by atoms with Gasteiger partial charge in [-0.25, -0.2) is 14.8 Å². The topological polar surface area (TPSA) is 58.1 Å². The van der Waals surface area contributed by atoms with Gasteiger partial charge >= 0.3 is 6.03 Å². The van der Waals surface area contributed by atoms with Crippen molar-refractivity contribution in [3.63, 3.8) is 0 Å². The summed E-state index contributed by atoms with van der Waals surface area (Å²) in [6.45, 7) is 1.55. The van der Waals surface area contributed by atoms with Crippen LogP contribution in [0.2, 0.25) is 0 Å². The third-order valence-electron chi connectivity index (χ3n) is 5.75. The molecule has 3 aromatic rings. The van der Waals surface area contributed by atoms with Crippen LogP contribution in [-0.4, -0.2) is 34.0 Å². The molecule has 5 rings (SSSR count). The first-order chi connectivity index (χ1) is 13.8. The van der Waals surface area contributed by atoms with Gasteiger partial charge < -0.3 is 4.90 Å². The van der Waals surface area contributed by atoms with Crippen molar-refractivity contribution in [2.24, 2.45) is 0 Å². The van der Waals surface area contributed by atoms with Crippen LogP contribution in [0.15, 0.2) is 24.3 Å². The third-order valence-corrected chi connectivity index (χ3v) is 8.02. The van der Waals surface area contributed by atoms with E-state index in [1.165, 1.54) is 39.5 Å². The van der Waals surface area contributed by atoms with Crippen molar-refractivity contribution in [1.82, 2.24) is 14.9 Å². The maximum absolute atomic E-state index is 12.7. The van der Waals surface area contributed by atoms with Gasteiger partial charge in [0.25, 0.3) is 0 Å². The molecular formula is C21H24N4OS2. The molecule has 1 N–H and O–H groups in total. The van der Waals surface area contributed by atoms with Gasteiger partial charge in [0.1, 0.15) is 0 Å². The summed E-state index contributed by atoms with van der Waals surface area (Å²) in [5.41, 5.74) is 2.29. The molecule has 28 heavy (non-hydrogen) atoms. The Morgan fingerprint density at radius 3 is 2.71 bits per heavy atom. The summed E-state index contributed by atoms with van der Waals surface area (Å²) in [6.07, 6.45) is 7.84. The van der Waals surface area contributed by atoms with E-state index in [0.29, 0.717) is 5.92 Å². The Labute approximate surface area is 172 Å². The summed E-state index contributed by atoms with van der Waals surface area (Å²) in [4.78, 5) is 25.5. The normalized spacial score (nSPS) is 18.1. The molecule has 0 spiro atoms. The Bertz CT molecular complexity index is 931. The lowest BCUT2D eigenvalue weighted by atomic mass is 9.98. The monoisotopic (exact) mass is 412 g/mol. The van der Waals surface area contributed by atoms with Crippen LogP contribution in [0.25, 0.3) is 10.2 Å². The molecule has 2 amide bonds. The first-order valence-corrected chi connectivity index (χ1v) is 11.8. The number of anilines is 1. The Balaban J connectivity index is 1.20. The second-order valence-corrected chi connectivity index (χ2v) is 9.81. The number of amides is 2. The number of nitrogens with zero attached hydrogens (tertiary/aromatic N) is 3. The van der Waals surface area contributed by atoms with Gasteiger partial charge in [-0.05, 0) is 50.7 Å². The number of likely N-dealkylation sites (tertiary alicyclic amines) is 1. The van der Waals surface area contributed by atoms with E-state index >= 15 is 0 Å². The van der Waals surface area contributed by atoms with Gasteiger partial charge in [0.15, 0.2) is 5.13 Å². The van der Waals surface area contributed by atoms with Crippen LogP contribution in [-0.2, 0) is 12.8 Å². The van der Waals surface area contributed by atoms with E-state index in [4.69, 9.17) is 4.98 Å². The zero-order valence-electron chi connectivity index (χ0n) is 15.8. The molecule has 5 nitrogen and oxygen atoms in total. The molecule has 2 aliphatic rings. The molecule has 1 saturated heterocycles. The van der Waals surface area contributed by atoms with Gasteiger partial charge in [0, 0.05) is 23.9 Å². The zero-order chi connectivity index (χ0) is 18.9. The number of hydrogen-bond acceptors (Lipinski definition) is 5. The standard InChI is InChI=1S/C21H24N4OS2/c26-21(24-20-23-16-6-2-1-3-8-18(16)28-20)25-12-10-14(11-13-25)19-22-15-7-4-5-9-17(15)27-19/h4-5,7,9,14H,1-3,6,8,10-13H2,(H,23,24,26). The minimum absolute atomic E-state index is 0.00772. The van der Waals surface area contributed by atoms with Crippen LogP contribution in [0.1, 0.15) is 53.6 Å². The smallest absolute Gasteiger partial charge is 0.323 e. The fourth-order valence-corrected chi connectivity index (χ4v) is 6.32. The number of rotatable bonds is 2. The zero-order valence-corrected chi connectivity index (χ0v) is 17.5. The van der Waals surface area contributed by atoms with Crippen LogP contribution in [0.3, 0.4) is 0 Å². The number of aromatic nitrogens is 2. The number of carbonyl (C=O) groups excluding carboxylic acids is 1. The van der Waals surface area contributed by atoms with E-state index in [1.54, 1.807) is 22.7 Å². The largest absolute Gasteiger partial charge is 0.324 e. The molecule has 7 heteroatoms. The van der Waals surface area contributed by atoms with Crippen molar-refractivity contribution in [3.8, 4) is 0 Å². The Kier molecular flexibility index (Phi) is 5.03. The SMILES string of the molecule is O=C(Nc1nc2c(s1)CCCCC2)N1CCC(c2nc3ccccc3s2)CC1. The summed E-state index contributed by atoms with van der Waals surface area (Å²) in [5, 5.41) is 5.03. The van der Waals surface area contributed by atoms with E-state index in [9.17, 15) is 4.79 Å². The number of benzene rings is 1. The van der Waals surface area contributed by atoms with Crippen LogP contribution in [0.5, 0.6) is 0 Å². The molecule has 3 heterocycles. The van der Waals surface area contributed by atoms with Crippen molar-refractivity contribution < 1.29 is 4.79 Å². The summed E-state index contributed by atoms with van der Waals surface area (Å²) in [5.74, 6) is 0.456. The predicted octanol–water partition coefficient (Wildman–Crippen LogP) is 5.43. The highest BCUT2D eigenvalue weighted by atomic mass is 32.1. The molecule has 0 atom stereocenters. The predicted molar refractivity (Wildman–Crippen MR) is 116 cm³/mol. The maximum Gasteiger partial charge on any atom is 0.323 e. The van der Waals surface area contributed by atoms with E-state index < -0.39 is 0 Å². The van der Waals surface area contributed by atoms with Gasteiger partial charge in [0.2, 0.25) is 0 Å². The minimum Gasteiger partial charge on any atom is -0.324 e. The van der Waals surface area contributed by atoms with E-state index in [-0.39, 0.29) is 6.03 Å².